The highest BCUT2D eigenvalue weighted by molar-refractivity contribution is 7.14. The van der Waals surface area contributed by atoms with E-state index < -0.39 is 0 Å². The molecule has 0 spiro atoms. The van der Waals surface area contributed by atoms with Crippen molar-refractivity contribution < 1.29 is 0 Å². The average molecular weight is 217 g/mol. The number of hydrogen-bond donors (Lipinski definition) is 1. The second kappa shape index (κ2) is 3.46. The smallest absolute Gasteiger partial charge is 0.184 e. The van der Waals surface area contributed by atoms with Crippen LogP contribution in [0.2, 0.25) is 5.15 Å². The first-order chi connectivity index (χ1) is 6.18. The molecule has 1 N–H and O–H groups in total. The Balaban J connectivity index is 1.85. The van der Waals surface area contributed by atoms with E-state index in [0.717, 1.165) is 11.7 Å². The summed E-state index contributed by atoms with van der Waals surface area (Å²) in [5.41, 5.74) is 0.498. The molecule has 2 nitrogen and oxygen atoms in total. The topological polar surface area (TPSA) is 24.9 Å². The first kappa shape index (κ1) is 9.28. The summed E-state index contributed by atoms with van der Waals surface area (Å²) in [6, 6.07) is 0. The number of rotatable bonds is 3. The van der Waals surface area contributed by atoms with Crippen LogP contribution in [0.3, 0.4) is 0 Å². The fourth-order valence-corrected chi connectivity index (χ4v) is 2.42. The number of thiazole rings is 1. The monoisotopic (exact) mass is 216 g/mol. The van der Waals surface area contributed by atoms with Crippen molar-refractivity contribution in [2.24, 2.45) is 5.41 Å². The molecule has 1 heterocycles. The number of anilines is 1. The number of halogens is 1. The summed E-state index contributed by atoms with van der Waals surface area (Å²) in [5, 5.41) is 6.72. The molecule has 0 atom stereocenters. The molecule has 1 aromatic heterocycles. The number of nitrogens with one attached hydrogen (secondary N) is 1. The van der Waals surface area contributed by atoms with Gasteiger partial charge in [-0.15, -0.1) is 11.3 Å². The molecular formula is C9H13ClN2S. The molecule has 0 aromatic carbocycles. The minimum Gasteiger partial charge on any atom is -0.361 e. The van der Waals surface area contributed by atoms with E-state index in [1.165, 1.54) is 19.3 Å². The van der Waals surface area contributed by atoms with Gasteiger partial charge in [0.15, 0.2) is 5.13 Å². The van der Waals surface area contributed by atoms with Crippen LogP contribution in [-0.2, 0) is 0 Å². The number of aromatic nitrogens is 1. The molecule has 1 fully saturated rings. The maximum absolute atomic E-state index is 5.72. The van der Waals surface area contributed by atoms with E-state index in [1.54, 1.807) is 11.3 Å². The third-order valence-electron chi connectivity index (χ3n) is 2.70. The van der Waals surface area contributed by atoms with Crippen LogP contribution in [0.4, 0.5) is 5.13 Å². The zero-order chi connectivity index (χ0) is 9.31. The summed E-state index contributed by atoms with van der Waals surface area (Å²) in [6.45, 7) is 3.34. The lowest BCUT2D eigenvalue weighted by Crippen LogP contribution is -2.33. The van der Waals surface area contributed by atoms with Crippen molar-refractivity contribution in [3.8, 4) is 0 Å². The van der Waals surface area contributed by atoms with E-state index in [-0.39, 0.29) is 0 Å². The Bertz CT molecular complexity index is 294. The van der Waals surface area contributed by atoms with Crippen LogP contribution in [0.15, 0.2) is 5.38 Å². The van der Waals surface area contributed by atoms with Crippen molar-refractivity contribution in [1.82, 2.24) is 4.98 Å². The van der Waals surface area contributed by atoms with Crippen LogP contribution in [0.1, 0.15) is 26.2 Å². The van der Waals surface area contributed by atoms with Gasteiger partial charge in [0, 0.05) is 11.9 Å². The van der Waals surface area contributed by atoms with Crippen LogP contribution in [0.5, 0.6) is 0 Å². The van der Waals surface area contributed by atoms with Gasteiger partial charge in [-0.3, -0.25) is 0 Å². The molecule has 1 aliphatic rings. The van der Waals surface area contributed by atoms with Gasteiger partial charge in [0.05, 0.1) is 0 Å². The Morgan fingerprint density at radius 2 is 2.46 bits per heavy atom. The van der Waals surface area contributed by atoms with Gasteiger partial charge in [0.2, 0.25) is 0 Å². The molecule has 13 heavy (non-hydrogen) atoms. The van der Waals surface area contributed by atoms with E-state index in [0.29, 0.717) is 10.6 Å². The van der Waals surface area contributed by atoms with E-state index in [1.807, 2.05) is 5.38 Å². The molecule has 0 saturated heterocycles. The van der Waals surface area contributed by atoms with Gasteiger partial charge >= 0.3 is 0 Å². The lowest BCUT2D eigenvalue weighted by molar-refractivity contribution is 0.180. The van der Waals surface area contributed by atoms with Gasteiger partial charge in [0.1, 0.15) is 5.15 Å². The summed E-state index contributed by atoms with van der Waals surface area (Å²) in [4.78, 5) is 4.14. The van der Waals surface area contributed by atoms with Crippen LogP contribution in [0.25, 0.3) is 0 Å². The maximum Gasteiger partial charge on any atom is 0.184 e. The van der Waals surface area contributed by atoms with Gasteiger partial charge in [-0.05, 0) is 18.3 Å². The molecule has 4 heteroatoms. The Kier molecular flexibility index (Phi) is 2.47. The summed E-state index contributed by atoms with van der Waals surface area (Å²) in [5.74, 6) is 0. The van der Waals surface area contributed by atoms with Gasteiger partial charge in [-0.1, -0.05) is 24.9 Å². The number of hydrogen-bond acceptors (Lipinski definition) is 3. The Labute approximate surface area is 87.3 Å². The van der Waals surface area contributed by atoms with Crippen LogP contribution in [-0.4, -0.2) is 11.5 Å². The molecule has 0 aliphatic heterocycles. The summed E-state index contributed by atoms with van der Waals surface area (Å²) < 4.78 is 0. The zero-order valence-electron chi connectivity index (χ0n) is 7.64. The molecule has 0 unspecified atom stereocenters. The molecular weight excluding hydrogens is 204 g/mol. The zero-order valence-corrected chi connectivity index (χ0v) is 9.21. The molecule has 0 amide bonds. The van der Waals surface area contributed by atoms with Crippen molar-refractivity contribution >= 4 is 28.1 Å². The summed E-state index contributed by atoms with van der Waals surface area (Å²) >= 11 is 7.29. The Morgan fingerprint density at radius 3 is 2.92 bits per heavy atom. The van der Waals surface area contributed by atoms with Crippen molar-refractivity contribution in [2.75, 3.05) is 11.9 Å². The average Bonchev–Trinajstić information content (AvgIpc) is 2.44. The lowest BCUT2D eigenvalue weighted by atomic mass is 9.70. The first-order valence-electron chi connectivity index (χ1n) is 4.53. The van der Waals surface area contributed by atoms with Crippen molar-refractivity contribution in [2.45, 2.75) is 26.2 Å². The fraction of sp³-hybridized carbons (Fsp3) is 0.667. The fourth-order valence-electron chi connectivity index (χ4n) is 1.58. The van der Waals surface area contributed by atoms with Gasteiger partial charge < -0.3 is 5.32 Å². The molecule has 1 aliphatic carbocycles. The molecule has 2 rings (SSSR count). The van der Waals surface area contributed by atoms with Gasteiger partial charge in [0.25, 0.3) is 0 Å². The van der Waals surface area contributed by atoms with Crippen molar-refractivity contribution in [3.05, 3.63) is 10.5 Å². The maximum atomic E-state index is 5.72. The predicted octanol–water partition coefficient (Wildman–Crippen LogP) is 3.40. The lowest BCUT2D eigenvalue weighted by Gasteiger charge is -2.38. The van der Waals surface area contributed by atoms with Crippen molar-refractivity contribution in [3.63, 3.8) is 0 Å². The summed E-state index contributed by atoms with van der Waals surface area (Å²) in [7, 11) is 0. The Morgan fingerprint density at radius 1 is 1.69 bits per heavy atom. The Hall–Kier alpha value is -0.280. The molecule has 72 valence electrons. The second-order valence-electron chi connectivity index (χ2n) is 3.99. The van der Waals surface area contributed by atoms with Crippen LogP contribution in [0, 0.1) is 5.41 Å². The van der Waals surface area contributed by atoms with Crippen LogP contribution < -0.4 is 5.32 Å². The molecule has 0 radical (unpaired) electrons. The molecule has 1 saturated carbocycles. The minimum atomic E-state index is 0.498. The molecule has 0 bridgehead atoms. The normalized spacial score (nSPS) is 19.5. The number of nitrogens with zero attached hydrogens (tertiary/aromatic N) is 1. The van der Waals surface area contributed by atoms with Crippen LogP contribution >= 0.6 is 22.9 Å². The highest BCUT2D eigenvalue weighted by Gasteiger charge is 2.31. The summed E-state index contributed by atoms with van der Waals surface area (Å²) in [6.07, 6.45) is 4.04. The van der Waals surface area contributed by atoms with E-state index >= 15 is 0 Å². The minimum absolute atomic E-state index is 0.498. The standard InChI is InChI=1S/C9H13ClN2S/c1-9(3-2-4-9)6-11-8-12-7(10)5-13-8/h5H,2-4,6H2,1H3,(H,11,12). The van der Waals surface area contributed by atoms with E-state index in [4.69, 9.17) is 11.6 Å². The van der Waals surface area contributed by atoms with Crippen molar-refractivity contribution in [1.29, 1.82) is 0 Å². The van der Waals surface area contributed by atoms with Gasteiger partial charge in [-0.25, -0.2) is 4.98 Å². The third-order valence-corrected chi connectivity index (χ3v) is 3.83. The SMILES string of the molecule is CC1(CNc2nc(Cl)cs2)CCC1. The largest absolute Gasteiger partial charge is 0.361 e. The highest BCUT2D eigenvalue weighted by Crippen LogP contribution is 2.40. The van der Waals surface area contributed by atoms with Gasteiger partial charge in [-0.2, -0.15) is 0 Å². The highest BCUT2D eigenvalue weighted by atomic mass is 35.5. The van der Waals surface area contributed by atoms with E-state index in [9.17, 15) is 0 Å². The third kappa shape index (κ3) is 2.15. The quantitative estimate of drug-likeness (QED) is 0.838. The predicted molar refractivity (Wildman–Crippen MR) is 57.6 cm³/mol. The molecule has 1 aromatic rings. The first-order valence-corrected chi connectivity index (χ1v) is 5.79. The second-order valence-corrected chi connectivity index (χ2v) is 5.24. The van der Waals surface area contributed by atoms with E-state index in [2.05, 4.69) is 17.2 Å².